The summed E-state index contributed by atoms with van der Waals surface area (Å²) in [6.07, 6.45) is 3.52. The first kappa shape index (κ1) is 14.6. The van der Waals surface area contributed by atoms with Gasteiger partial charge >= 0.3 is 0 Å². The van der Waals surface area contributed by atoms with E-state index in [0.29, 0.717) is 23.4 Å². The van der Waals surface area contributed by atoms with Crippen LogP contribution in [0.5, 0.6) is 0 Å². The van der Waals surface area contributed by atoms with E-state index in [1.165, 1.54) is 12.8 Å². The van der Waals surface area contributed by atoms with Crippen molar-refractivity contribution in [1.82, 2.24) is 15.1 Å². The molecule has 1 heterocycles. The molecule has 3 rings (SSSR count). The summed E-state index contributed by atoms with van der Waals surface area (Å²) in [5, 5.41) is 17.1. The monoisotopic (exact) mass is 291 g/mol. The highest BCUT2D eigenvalue weighted by atomic mass is 16.3. The molecule has 2 fully saturated rings. The Bertz CT molecular complexity index is 538. The van der Waals surface area contributed by atoms with Crippen LogP contribution in [0.15, 0.2) is 6.07 Å². The Morgan fingerprint density at radius 1 is 1.48 bits per heavy atom. The molecule has 0 radical (unpaired) electrons. The molecule has 0 aliphatic heterocycles. The van der Waals surface area contributed by atoms with Gasteiger partial charge < -0.3 is 10.4 Å². The van der Waals surface area contributed by atoms with Crippen molar-refractivity contribution in [2.24, 2.45) is 24.8 Å². The van der Waals surface area contributed by atoms with E-state index >= 15 is 0 Å². The third-order valence-electron chi connectivity index (χ3n) is 5.34. The van der Waals surface area contributed by atoms with Crippen LogP contribution < -0.4 is 5.32 Å². The SMILES string of the molecule is CC(C)c1cc(C(=O)NC2C3CCC(C3)C2CO)nn1C. The van der Waals surface area contributed by atoms with Gasteiger partial charge in [-0.15, -0.1) is 0 Å². The molecule has 2 bridgehead atoms. The van der Waals surface area contributed by atoms with E-state index in [2.05, 4.69) is 24.3 Å². The third-order valence-corrected chi connectivity index (χ3v) is 5.34. The van der Waals surface area contributed by atoms with Gasteiger partial charge in [0.1, 0.15) is 5.69 Å². The summed E-state index contributed by atoms with van der Waals surface area (Å²) < 4.78 is 1.78. The zero-order valence-corrected chi connectivity index (χ0v) is 13.0. The number of fused-ring (bicyclic) bond motifs is 2. The number of nitrogens with zero attached hydrogens (tertiary/aromatic N) is 2. The lowest BCUT2D eigenvalue weighted by molar-refractivity contribution is 0.0856. The molecule has 2 saturated carbocycles. The van der Waals surface area contributed by atoms with Crippen molar-refractivity contribution in [2.45, 2.75) is 45.1 Å². The summed E-state index contributed by atoms with van der Waals surface area (Å²) in [7, 11) is 1.88. The molecule has 116 valence electrons. The second-order valence-corrected chi connectivity index (χ2v) is 6.91. The maximum absolute atomic E-state index is 12.5. The number of aromatic nitrogens is 2. The first-order chi connectivity index (χ1) is 10.0. The maximum atomic E-state index is 12.5. The highest BCUT2D eigenvalue weighted by molar-refractivity contribution is 5.92. The number of rotatable bonds is 4. The van der Waals surface area contributed by atoms with Crippen LogP contribution in [0.1, 0.15) is 55.2 Å². The number of amides is 1. The Labute approximate surface area is 125 Å². The van der Waals surface area contributed by atoms with Crippen LogP contribution in [0, 0.1) is 17.8 Å². The van der Waals surface area contributed by atoms with Crippen molar-refractivity contribution in [3.63, 3.8) is 0 Å². The highest BCUT2D eigenvalue weighted by Gasteiger charge is 2.47. The lowest BCUT2D eigenvalue weighted by Crippen LogP contribution is -2.45. The summed E-state index contributed by atoms with van der Waals surface area (Å²) in [6.45, 7) is 4.36. The molecule has 0 saturated heterocycles. The number of aliphatic hydroxyl groups is 1. The zero-order chi connectivity index (χ0) is 15.1. The largest absolute Gasteiger partial charge is 0.396 e. The standard InChI is InChI=1S/C16H25N3O2/c1-9(2)14-7-13(18-19(14)3)16(21)17-15-11-5-4-10(6-11)12(15)8-20/h7,9-12,15,20H,4-6,8H2,1-3H3,(H,17,21). The van der Waals surface area contributed by atoms with E-state index in [1.54, 1.807) is 4.68 Å². The summed E-state index contributed by atoms with van der Waals surface area (Å²) in [6, 6.07) is 1.99. The molecule has 0 aromatic carbocycles. The number of carbonyl (C=O) groups is 1. The van der Waals surface area contributed by atoms with Gasteiger partial charge in [-0.25, -0.2) is 0 Å². The molecule has 4 atom stereocenters. The van der Waals surface area contributed by atoms with Crippen LogP contribution >= 0.6 is 0 Å². The molecule has 0 spiro atoms. The predicted octanol–water partition coefficient (Wildman–Crippen LogP) is 1.68. The molecule has 21 heavy (non-hydrogen) atoms. The number of carbonyl (C=O) groups excluding carboxylic acids is 1. The van der Waals surface area contributed by atoms with E-state index in [9.17, 15) is 9.90 Å². The maximum Gasteiger partial charge on any atom is 0.272 e. The van der Waals surface area contributed by atoms with Crippen LogP contribution in [-0.2, 0) is 7.05 Å². The lowest BCUT2D eigenvalue weighted by atomic mass is 9.85. The fraction of sp³-hybridized carbons (Fsp3) is 0.750. The number of hydrogen-bond acceptors (Lipinski definition) is 3. The minimum Gasteiger partial charge on any atom is -0.396 e. The minimum atomic E-state index is -0.103. The van der Waals surface area contributed by atoms with Gasteiger partial charge in [-0.1, -0.05) is 13.8 Å². The molecular weight excluding hydrogens is 266 g/mol. The quantitative estimate of drug-likeness (QED) is 0.887. The van der Waals surface area contributed by atoms with Crippen molar-refractivity contribution in [2.75, 3.05) is 6.61 Å². The average molecular weight is 291 g/mol. The molecule has 5 nitrogen and oxygen atoms in total. The molecule has 4 unspecified atom stereocenters. The first-order valence-electron chi connectivity index (χ1n) is 7.97. The number of aryl methyl sites for hydroxylation is 1. The van der Waals surface area contributed by atoms with Gasteiger partial charge in [0.15, 0.2) is 0 Å². The lowest BCUT2D eigenvalue weighted by Gasteiger charge is -2.30. The summed E-state index contributed by atoms with van der Waals surface area (Å²) in [5.41, 5.74) is 1.55. The van der Waals surface area contributed by atoms with Crippen molar-refractivity contribution in [1.29, 1.82) is 0 Å². The average Bonchev–Trinajstić information content (AvgIpc) is 3.12. The van der Waals surface area contributed by atoms with Gasteiger partial charge in [0.25, 0.3) is 5.91 Å². The van der Waals surface area contributed by atoms with Crippen molar-refractivity contribution >= 4 is 5.91 Å². The van der Waals surface area contributed by atoms with E-state index in [1.807, 2.05) is 13.1 Å². The molecule has 1 aromatic rings. The number of nitrogens with one attached hydrogen (secondary N) is 1. The van der Waals surface area contributed by atoms with E-state index in [0.717, 1.165) is 12.1 Å². The van der Waals surface area contributed by atoms with Gasteiger partial charge in [0.05, 0.1) is 0 Å². The Morgan fingerprint density at radius 2 is 2.19 bits per heavy atom. The van der Waals surface area contributed by atoms with Crippen molar-refractivity contribution < 1.29 is 9.90 Å². The fourth-order valence-corrected chi connectivity index (χ4v) is 4.26. The Balaban J connectivity index is 1.73. The highest BCUT2D eigenvalue weighted by Crippen LogP contribution is 2.48. The Hall–Kier alpha value is -1.36. The van der Waals surface area contributed by atoms with Crippen LogP contribution in [0.25, 0.3) is 0 Å². The summed E-state index contributed by atoms with van der Waals surface area (Å²) in [4.78, 5) is 12.5. The van der Waals surface area contributed by atoms with Crippen LogP contribution in [0.2, 0.25) is 0 Å². The third kappa shape index (κ3) is 2.48. The molecule has 2 aliphatic carbocycles. The zero-order valence-electron chi connectivity index (χ0n) is 13.0. The molecule has 2 aliphatic rings. The van der Waals surface area contributed by atoms with Crippen molar-refractivity contribution in [3.8, 4) is 0 Å². The van der Waals surface area contributed by atoms with E-state index in [4.69, 9.17) is 0 Å². The minimum absolute atomic E-state index is 0.103. The van der Waals surface area contributed by atoms with Gasteiger partial charge in [-0.3, -0.25) is 9.48 Å². The van der Waals surface area contributed by atoms with Gasteiger partial charge in [0, 0.05) is 31.3 Å². The summed E-state index contributed by atoms with van der Waals surface area (Å²) >= 11 is 0. The van der Waals surface area contributed by atoms with E-state index in [-0.39, 0.29) is 24.5 Å². The fourth-order valence-electron chi connectivity index (χ4n) is 4.26. The summed E-state index contributed by atoms with van der Waals surface area (Å²) in [5.74, 6) is 1.58. The van der Waals surface area contributed by atoms with Crippen LogP contribution in [0.3, 0.4) is 0 Å². The second-order valence-electron chi connectivity index (χ2n) is 6.91. The Morgan fingerprint density at radius 3 is 2.81 bits per heavy atom. The van der Waals surface area contributed by atoms with Crippen molar-refractivity contribution in [3.05, 3.63) is 17.5 Å². The number of hydrogen-bond donors (Lipinski definition) is 2. The smallest absolute Gasteiger partial charge is 0.272 e. The molecule has 1 aromatic heterocycles. The molecular formula is C16H25N3O2. The van der Waals surface area contributed by atoms with Gasteiger partial charge in [-0.05, 0) is 43.1 Å². The van der Waals surface area contributed by atoms with Crippen LogP contribution in [0.4, 0.5) is 0 Å². The van der Waals surface area contributed by atoms with Crippen LogP contribution in [-0.4, -0.2) is 33.4 Å². The Kier molecular flexibility index (Phi) is 3.78. The predicted molar refractivity (Wildman–Crippen MR) is 80.0 cm³/mol. The molecule has 2 N–H and O–H groups in total. The normalized spacial score (nSPS) is 31.1. The number of aliphatic hydroxyl groups excluding tert-OH is 1. The second kappa shape index (κ2) is 5.44. The van der Waals surface area contributed by atoms with Gasteiger partial charge in [0.2, 0.25) is 0 Å². The molecule has 5 heteroatoms. The van der Waals surface area contributed by atoms with E-state index < -0.39 is 0 Å². The first-order valence-corrected chi connectivity index (χ1v) is 7.97. The van der Waals surface area contributed by atoms with Gasteiger partial charge in [-0.2, -0.15) is 5.10 Å². The molecule has 1 amide bonds. The topological polar surface area (TPSA) is 67.2 Å².